The third-order valence-corrected chi connectivity index (χ3v) is 3.16. The summed E-state index contributed by atoms with van der Waals surface area (Å²) < 4.78 is 10.1. The molecule has 2 rings (SSSR count). The molecule has 0 aliphatic carbocycles. The van der Waals surface area contributed by atoms with Gasteiger partial charge in [0.2, 0.25) is 0 Å². The van der Waals surface area contributed by atoms with Crippen LogP contribution in [0.15, 0.2) is 18.6 Å². The maximum Gasteiger partial charge on any atom is 0.349 e. The van der Waals surface area contributed by atoms with Gasteiger partial charge < -0.3 is 9.47 Å². The molecule has 0 unspecified atom stereocenters. The van der Waals surface area contributed by atoms with Crippen LogP contribution >= 0.6 is 11.3 Å². The van der Waals surface area contributed by atoms with E-state index in [9.17, 15) is 4.79 Å². The third kappa shape index (κ3) is 3.25. The molecule has 100 valence electrons. The maximum atomic E-state index is 11.5. The molecule has 0 N–H and O–H groups in total. The van der Waals surface area contributed by atoms with Gasteiger partial charge in [0.05, 0.1) is 19.4 Å². The molecule has 0 fully saturated rings. The summed E-state index contributed by atoms with van der Waals surface area (Å²) >= 11 is 1.25. The molecule has 0 saturated carbocycles. The predicted molar refractivity (Wildman–Crippen MR) is 70.3 cm³/mol. The zero-order chi connectivity index (χ0) is 13.7. The molecule has 2 aromatic heterocycles. The van der Waals surface area contributed by atoms with Crippen molar-refractivity contribution in [1.29, 1.82) is 0 Å². The Morgan fingerprint density at radius 1 is 1.16 bits per heavy atom. The SMILES string of the molecule is CCOC(=O)c1cnc(-c2cnc(OCC)nc2)s1. The van der Waals surface area contributed by atoms with Gasteiger partial charge in [0.25, 0.3) is 0 Å². The zero-order valence-electron chi connectivity index (χ0n) is 10.6. The summed E-state index contributed by atoms with van der Waals surface area (Å²) in [5, 5.41) is 0.672. The Morgan fingerprint density at radius 2 is 1.89 bits per heavy atom. The van der Waals surface area contributed by atoms with Crippen LogP contribution in [0.25, 0.3) is 10.6 Å². The van der Waals surface area contributed by atoms with Crippen molar-refractivity contribution in [3.05, 3.63) is 23.5 Å². The number of hydrogen-bond acceptors (Lipinski definition) is 7. The molecule has 0 atom stereocenters. The van der Waals surface area contributed by atoms with Crippen molar-refractivity contribution in [2.24, 2.45) is 0 Å². The highest BCUT2D eigenvalue weighted by Crippen LogP contribution is 2.25. The number of carbonyl (C=O) groups is 1. The first-order valence-corrected chi connectivity index (χ1v) is 6.64. The molecule has 2 heterocycles. The minimum Gasteiger partial charge on any atom is -0.464 e. The fourth-order valence-electron chi connectivity index (χ4n) is 1.33. The fraction of sp³-hybridized carbons (Fsp3) is 0.333. The first-order valence-electron chi connectivity index (χ1n) is 5.82. The monoisotopic (exact) mass is 279 g/mol. The van der Waals surface area contributed by atoms with E-state index in [4.69, 9.17) is 9.47 Å². The van der Waals surface area contributed by atoms with Crippen LogP contribution in [0.1, 0.15) is 23.5 Å². The molecule has 6 nitrogen and oxygen atoms in total. The highest BCUT2D eigenvalue weighted by Gasteiger charge is 2.13. The first-order chi connectivity index (χ1) is 9.24. The second-order valence-corrected chi connectivity index (χ2v) is 4.47. The van der Waals surface area contributed by atoms with Crippen molar-refractivity contribution >= 4 is 17.3 Å². The molecule has 7 heteroatoms. The van der Waals surface area contributed by atoms with Crippen LogP contribution in [-0.4, -0.2) is 34.1 Å². The van der Waals surface area contributed by atoms with Gasteiger partial charge in [-0.2, -0.15) is 0 Å². The Hall–Kier alpha value is -2.02. The molecule has 0 amide bonds. The van der Waals surface area contributed by atoms with Crippen LogP contribution in [0.2, 0.25) is 0 Å². The highest BCUT2D eigenvalue weighted by molar-refractivity contribution is 7.16. The van der Waals surface area contributed by atoms with Crippen molar-refractivity contribution in [3.8, 4) is 16.6 Å². The van der Waals surface area contributed by atoms with Gasteiger partial charge in [0.1, 0.15) is 9.88 Å². The minimum atomic E-state index is -0.363. The van der Waals surface area contributed by atoms with Gasteiger partial charge in [0.15, 0.2) is 0 Å². The van der Waals surface area contributed by atoms with Crippen molar-refractivity contribution in [3.63, 3.8) is 0 Å². The van der Waals surface area contributed by atoms with Crippen LogP contribution in [0.5, 0.6) is 6.01 Å². The van der Waals surface area contributed by atoms with E-state index in [2.05, 4.69) is 15.0 Å². The van der Waals surface area contributed by atoms with E-state index in [0.717, 1.165) is 5.56 Å². The number of hydrogen-bond donors (Lipinski definition) is 0. The predicted octanol–water partition coefficient (Wildman–Crippen LogP) is 2.18. The van der Waals surface area contributed by atoms with E-state index >= 15 is 0 Å². The minimum absolute atomic E-state index is 0.327. The molecule has 0 aromatic carbocycles. The molecular formula is C12H13N3O3S. The number of aromatic nitrogens is 3. The summed E-state index contributed by atoms with van der Waals surface area (Å²) in [6, 6.07) is 0.327. The van der Waals surface area contributed by atoms with E-state index in [0.29, 0.717) is 29.1 Å². The van der Waals surface area contributed by atoms with E-state index in [1.165, 1.54) is 17.5 Å². The summed E-state index contributed by atoms with van der Waals surface area (Å²) in [7, 11) is 0. The average molecular weight is 279 g/mol. The van der Waals surface area contributed by atoms with Crippen LogP contribution in [0, 0.1) is 0 Å². The number of nitrogens with zero attached hydrogens (tertiary/aromatic N) is 3. The average Bonchev–Trinajstić information content (AvgIpc) is 2.90. The van der Waals surface area contributed by atoms with Gasteiger partial charge in [-0.25, -0.2) is 19.7 Å². The van der Waals surface area contributed by atoms with Crippen LogP contribution in [-0.2, 0) is 4.74 Å². The molecule has 0 aliphatic heterocycles. The van der Waals surface area contributed by atoms with Crippen molar-refractivity contribution < 1.29 is 14.3 Å². The van der Waals surface area contributed by atoms with Gasteiger partial charge in [-0.05, 0) is 13.8 Å². The lowest BCUT2D eigenvalue weighted by molar-refractivity contribution is 0.0532. The molecule has 0 bridgehead atoms. The first kappa shape index (κ1) is 13.4. The van der Waals surface area contributed by atoms with Gasteiger partial charge >= 0.3 is 12.0 Å². The van der Waals surface area contributed by atoms with Crippen LogP contribution < -0.4 is 4.74 Å². The van der Waals surface area contributed by atoms with E-state index in [1.807, 2.05) is 6.92 Å². The summed E-state index contributed by atoms with van der Waals surface area (Å²) in [6.45, 7) is 4.49. The third-order valence-electron chi connectivity index (χ3n) is 2.13. The quantitative estimate of drug-likeness (QED) is 0.781. The van der Waals surface area contributed by atoms with E-state index in [-0.39, 0.29) is 5.97 Å². The summed E-state index contributed by atoms with van der Waals surface area (Å²) in [5.74, 6) is -0.363. The lowest BCUT2D eigenvalue weighted by atomic mass is 10.4. The Morgan fingerprint density at radius 3 is 2.53 bits per heavy atom. The van der Waals surface area contributed by atoms with Crippen molar-refractivity contribution in [1.82, 2.24) is 15.0 Å². The Bertz CT molecular complexity index is 554. The number of ether oxygens (including phenoxy) is 2. The molecule has 19 heavy (non-hydrogen) atoms. The van der Waals surface area contributed by atoms with Crippen LogP contribution in [0.4, 0.5) is 0 Å². The summed E-state index contributed by atoms with van der Waals surface area (Å²) in [6.07, 6.45) is 4.73. The van der Waals surface area contributed by atoms with E-state index in [1.54, 1.807) is 19.3 Å². The van der Waals surface area contributed by atoms with Crippen molar-refractivity contribution in [2.45, 2.75) is 13.8 Å². The van der Waals surface area contributed by atoms with Crippen LogP contribution in [0.3, 0.4) is 0 Å². The van der Waals surface area contributed by atoms with Gasteiger partial charge in [0, 0.05) is 18.0 Å². The maximum absolute atomic E-state index is 11.5. The Labute approximate surface area is 114 Å². The lowest BCUT2D eigenvalue weighted by Crippen LogP contribution is -2.01. The zero-order valence-corrected chi connectivity index (χ0v) is 11.4. The van der Waals surface area contributed by atoms with E-state index < -0.39 is 0 Å². The molecule has 2 aromatic rings. The van der Waals surface area contributed by atoms with Gasteiger partial charge in [-0.15, -0.1) is 11.3 Å². The molecule has 0 aliphatic rings. The fourth-order valence-corrected chi connectivity index (χ4v) is 2.12. The summed E-state index contributed by atoms with van der Waals surface area (Å²) in [4.78, 5) is 24.3. The second-order valence-electron chi connectivity index (χ2n) is 3.44. The van der Waals surface area contributed by atoms with Gasteiger partial charge in [-0.1, -0.05) is 0 Å². The molecular weight excluding hydrogens is 266 g/mol. The number of rotatable bonds is 5. The Kier molecular flexibility index (Phi) is 4.40. The van der Waals surface area contributed by atoms with Gasteiger partial charge in [-0.3, -0.25) is 0 Å². The number of esters is 1. The summed E-state index contributed by atoms with van der Waals surface area (Å²) in [5.41, 5.74) is 0.740. The largest absolute Gasteiger partial charge is 0.464 e. The lowest BCUT2D eigenvalue weighted by Gasteiger charge is -2.00. The highest BCUT2D eigenvalue weighted by atomic mass is 32.1. The van der Waals surface area contributed by atoms with Crippen molar-refractivity contribution in [2.75, 3.05) is 13.2 Å². The molecule has 0 saturated heterocycles. The molecule has 0 radical (unpaired) electrons. The normalized spacial score (nSPS) is 10.2. The number of carbonyl (C=O) groups excluding carboxylic acids is 1. The smallest absolute Gasteiger partial charge is 0.349 e. The molecule has 0 spiro atoms. The number of thiazole rings is 1. The topological polar surface area (TPSA) is 74.2 Å². The Balaban J connectivity index is 2.15. The second kappa shape index (κ2) is 6.24. The standard InChI is InChI=1S/C12H13N3O3S/c1-3-17-11(16)9-7-13-10(19-9)8-5-14-12(15-6-8)18-4-2/h5-7H,3-4H2,1-2H3.